The molecule has 0 aliphatic heterocycles. The third-order valence-electron chi connectivity index (χ3n) is 2.64. The van der Waals surface area contributed by atoms with Crippen LogP contribution in [0.1, 0.15) is 16.5 Å². The minimum atomic E-state index is -0.184. The topological polar surface area (TPSA) is 0 Å². The van der Waals surface area contributed by atoms with E-state index in [1.165, 1.54) is 0 Å². The fourth-order valence-electron chi connectivity index (χ4n) is 1.71. The summed E-state index contributed by atoms with van der Waals surface area (Å²) < 4.78 is 0. The molecule has 0 saturated heterocycles. The minimum absolute atomic E-state index is 0.184. The van der Waals surface area contributed by atoms with Gasteiger partial charge in [0.05, 0.1) is 15.4 Å². The maximum Gasteiger partial charge on any atom is 0.0640 e. The molecule has 2 rings (SSSR count). The Morgan fingerprint density at radius 3 is 2.22 bits per heavy atom. The average Bonchev–Trinajstić information content (AvgIpc) is 2.34. The molecule has 0 radical (unpaired) electrons. The molecule has 0 aliphatic carbocycles. The van der Waals surface area contributed by atoms with Gasteiger partial charge in [0.2, 0.25) is 0 Å². The Balaban J connectivity index is 2.19. The molecule has 0 aliphatic rings. The van der Waals surface area contributed by atoms with E-state index in [-0.39, 0.29) is 5.38 Å². The van der Waals surface area contributed by atoms with Gasteiger partial charge in [-0.2, -0.15) is 0 Å². The van der Waals surface area contributed by atoms with Crippen molar-refractivity contribution in [3.8, 4) is 0 Å². The lowest BCUT2D eigenvalue weighted by molar-refractivity contribution is 0.920. The molecule has 0 nitrogen and oxygen atoms in total. The summed E-state index contributed by atoms with van der Waals surface area (Å²) in [5, 5.41) is 1.58. The molecule has 0 saturated carbocycles. The van der Waals surface area contributed by atoms with Crippen LogP contribution >= 0.6 is 46.4 Å². The van der Waals surface area contributed by atoms with Gasteiger partial charge in [-0.15, -0.1) is 11.6 Å². The van der Waals surface area contributed by atoms with Crippen molar-refractivity contribution in [3.05, 3.63) is 68.7 Å². The first-order chi connectivity index (χ1) is 8.58. The van der Waals surface area contributed by atoms with Crippen LogP contribution < -0.4 is 0 Å². The summed E-state index contributed by atoms with van der Waals surface area (Å²) in [6, 6.07) is 13.1. The van der Waals surface area contributed by atoms with E-state index >= 15 is 0 Å². The molecule has 0 heterocycles. The van der Waals surface area contributed by atoms with Crippen LogP contribution in [0, 0.1) is 0 Å². The highest BCUT2D eigenvalue weighted by molar-refractivity contribution is 6.42. The van der Waals surface area contributed by atoms with Crippen LogP contribution in [0.2, 0.25) is 15.1 Å². The first-order valence-electron chi connectivity index (χ1n) is 5.40. The van der Waals surface area contributed by atoms with Gasteiger partial charge in [0.15, 0.2) is 0 Å². The second-order valence-corrected chi connectivity index (χ2v) is 5.69. The Hall–Kier alpha value is -0.400. The lowest BCUT2D eigenvalue weighted by Crippen LogP contribution is -1.96. The maximum atomic E-state index is 6.38. The van der Waals surface area contributed by atoms with Crippen LogP contribution in [0.15, 0.2) is 42.5 Å². The molecule has 0 N–H and O–H groups in total. The van der Waals surface area contributed by atoms with Crippen LogP contribution in [0.25, 0.3) is 0 Å². The largest absolute Gasteiger partial charge is 0.117 e. The highest BCUT2D eigenvalue weighted by atomic mass is 35.5. The van der Waals surface area contributed by atoms with Gasteiger partial charge in [-0.25, -0.2) is 0 Å². The lowest BCUT2D eigenvalue weighted by atomic mass is 10.0. The van der Waals surface area contributed by atoms with Crippen molar-refractivity contribution in [1.82, 2.24) is 0 Å². The van der Waals surface area contributed by atoms with Gasteiger partial charge in [0.1, 0.15) is 0 Å². The first kappa shape index (κ1) is 14.0. The SMILES string of the molecule is Clc1ccc(CC(Cl)c2ccccc2Cl)cc1Cl. The fraction of sp³-hybridized carbons (Fsp3) is 0.143. The highest BCUT2D eigenvalue weighted by Crippen LogP contribution is 2.32. The summed E-state index contributed by atoms with van der Waals surface area (Å²) in [5.74, 6) is 0. The zero-order valence-corrected chi connectivity index (χ0v) is 12.4. The monoisotopic (exact) mass is 318 g/mol. The zero-order chi connectivity index (χ0) is 13.1. The Morgan fingerprint density at radius 2 is 1.56 bits per heavy atom. The Morgan fingerprint density at radius 1 is 0.833 bits per heavy atom. The molecule has 94 valence electrons. The molecule has 1 unspecified atom stereocenters. The highest BCUT2D eigenvalue weighted by Gasteiger charge is 2.12. The van der Waals surface area contributed by atoms with Gasteiger partial charge in [-0.05, 0) is 35.7 Å². The maximum absolute atomic E-state index is 6.38. The second-order valence-electron chi connectivity index (χ2n) is 3.94. The average molecular weight is 320 g/mol. The lowest BCUT2D eigenvalue weighted by Gasteiger charge is -2.12. The van der Waals surface area contributed by atoms with E-state index < -0.39 is 0 Å². The normalized spacial score (nSPS) is 12.4. The standard InChI is InChI=1S/C14H10Cl4/c15-11-4-2-1-3-10(11)13(17)7-9-5-6-12(16)14(18)8-9/h1-6,8,13H,7H2. The van der Waals surface area contributed by atoms with Gasteiger partial charge in [0.25, 0.3) is 0 Å². The van der Waals surface area contributed by atoms with Gasteiger partial charge < -0.3 is 0 Å². The summed E-state index contributed by atoms with van der Waals surface area (Å²) >= 11 is 24.3. The summed E-state index contributed by atoms with van der Waals surface area (Å²) in [6.07, 6.45) is 0.655. The predicted octanol–water partition coefficient (Wildman–Crippen LogP) is 6.17. The van der Waals surface area contributed by atoms with Crippen LogP contribution in [0.5, 0.6) is 0 Å². The van der Waals surface area contributed by atoms with Crippen molar-refractivity contribution in [2.24, 2.45) is 0 Å². The first-order valence-corrected chi connectivity index (χ1v) is 6.97. The molecular formula is C14H10Cl4. The Bertz CT molecular complexity index is 551. The van der Waals surface area contributed by atoms with Gasteiger partial charge in [-0.1, -0.05) is 59.1 Å². The minimum Gasteiger partial charge on any atom is -0.117 e. The number of alkyl halides is 1. The summed E-state index contributed by atoms with van der Waals surface area (Å²) in [5.41, 5.74) is 1.95. The van der Waals surface area contributed by atoms with E-state index in [1.54, 1.807) is 6.07 Å². The van der Waals surface area contributed by atoms with E-state index in [0.29, 0.717) is 21.5 Å². The molecule has 4 heteroatoms. The van der Waals surface area contributed by atoms with Gasteiger partial charge >= 0.3 is 0 Å². The number of hydrogen-bond donors (Lipinski definition) is 0. The van der Waals surface area contributed by atoms with Crippen molar-refractivity contribution in [3.63, 3.8) is 0 Å². The van der Waals surface area contributed by atoms with Crippen molar-refractivity contribution < 1.29 is 0 Å². The molecular weight excluding hydrogens is 310 g/mol. The number of halogens is 4. The number of hydrogen-bond acceptors (Lipinski definition) is 0. The summed E-state index contributed by atoms with van der Waals surface area (Å²) in [4.78, 5) is 0. The molecule has 0 fully saturated rings. The third kappa shape index (κ3) is 3.33. The summed E-state index contributed by atoms with van der Waals surface area (Å²) in [6.45, 7) is 0. The Kier molecular flexibility index (Phi) is 4.80. The summed E-state index contributed by atoms with van der Waals surface area (Å²) in [7, 11) is 0. The molecule has 0 amide bonds. The molecule has 2 aromatic carbocycles. The molecule has 0 spiro atoms. The fourth-order valence-corrected chi connectivity index (χ4v) is 2.73. The molecule has 18 heavy (non-hydrogen) atoms. The second kappa shape index (κ2) is 6.16. The van der Waals surface area contributed by atoms with E-state index in [2.05, 4.69) is 0 Å². The molecule has 0 aromatic heterocycles. The van der Waals surface area contributed by atoms with Gasteiger partial charge in [-0.3, -0.25) is 0 Å². The van der Waals surface area contributed by atoms with E-state index in [4.69, 9.17) is 46.4 Å². The van der Waals surface area contributed by atoms with Crippen LogP contribution in [0.3, 0.4) is 0 Å². The van der Waals surface area contributed by atoms with E-state index in [9.17, 15) is 0 Å². The quantitative estimate of drug-likeness (QED) is 0.593. The van der Waals surface area contributed by atoms with E-state index in [1.807, 2.05) is 36.4 Å². The number of benzene rings is 2. The van der Waals surface area contributed by atoms with Crippen LogP contribution in [-0.4, -0.2) is 0 Å². The van der Waals surface area contributed by atoms with Crippen molar-refractivity contribution in [2.45, 2.75) is 11.8 Å². The molecule has 1 atom stereocenters. The van der Waals surface area contributed by atoms with Crippen LogP contribution in [0.4, 0.5) is 0 Å². The Labute approximate surface area is 126 Å². The molecule has 0 bridgehead atoms. The van der Waals surface area contributed by atoms with Crippen molar-refractivity contribution in [2.75, 3.05) is 0 Å². The molecule has 2 aromatic rings. The predicted molar refractivity (Wildman–Crippen MR) is 80.2 cm³/mol. The smallest absolute Gasteiger partial charge is 0.0640 e. The van der Waals surface area contributed by atoms with Crippen molar-refractivity contribution in [1.29, 1.82) is 0 Å². The number of rotatable bonds is 3. The van der Waals surface area contributed by atoms with Crippen molar-refractivity contribution >= 4 is 46.4 Å². The van der Waals surface area contributed by atoms with E-state index in [0.717, 1.165) is 11.1 Å². The third-order valence-corrected chi connectivity index (χ3v) is 4.11. The zero-order valence-electron chi connectivity index (χ0n) is 9.34. The van der Waals surface area contributed by atoms with Crippen LogP contribution in [-0.2, 0) is 6.42 Å². The van der Waals surface area contributed by atoms with Gasteiger partial charge in [0, 0.05) is 5.02 Å².